The van der Waals surface area contributed by atoms with Gasteiger partial charge < -0.3 is 10.1 Å². The van der Waals surface area contributed by atoms with Crippen LogP contribution in [0.15, 0.2) is 47.4 Å². The van der Waals surface area contributed by atoms with Crippen LogP contribution in [0.2, 0.25) is 0 Å². The molecule has 26 heavy (non-hydrogen) atoms. The molecule has 0 atom stereocenters. The zero-order chi connectivity index (χ0) is 19.3. The van der Waals surface area contributed by atoms with Gasteiger partial charge in [0, 0.05) is 12.7 Å². The number of carbonyl (C=O) groups excluding carboxylic acids is 1. The molecule has 0 aliphatic carbocycles. The first-order valence-corrected chi connectivity index (χ1v) is 9.74. The van der Waals surface area contributed by atoms with Gasteiger partial charge in [0.15, 0.2) is 0 Å². The van der Waals surface area contributed by atoms with Crippen LogP contribution in [0.3, 0.4) is 0 Å². The molecule has 0 spiro atoms. The third-order valence-corrected chi connectivity index (χ3v) is 5.66. The van der Waals surface area contributed by atoms with Crippen LogP contribution < -0.4 is 10.1 Å². The molecule has 0 saturated heterocycles. The number of carbonyl (C=O) groups is 1. The normalized spacial score (nSPS) is 11.4. The zero-order valence-corrected chi connectivity index (χ0v) is 16.3. The van der Waals surface area contributed by atoms with Gasteiger partial charge in [-0.25, -0.2) is 8.42 Å². The maximum Gasteiger partial charge on any atom is 0.243 e. The van der Waals surface area contributed by atoms with Gasteiger partial charge in [0.05, 0.1) is 18.0 Å². The van der Waals surface area contributed by atoms with E-state index in [2.05, 4.69) is 5.32 Å². The van der Waals surface area contributed by atoms with Crippen molar-refractivity contribution in [2.45, 2.75) is 25.7 Å². The van der Waals surface area contributed by atoms with E-state index in [0.29, 0.717) is 18.0 Å². The van der Waals surface area contributed by atoms with E-state index >= 15 is 0 Å². The minimum atomic E-state index is -3.77. The lowest BCUT2D eigenvalue weighted by atomic mass is 10.2. The monoisotopic (exact) mass is 376 g/mol. The molecule has 6 nitrogen and oxygen atoms in total. The Balaban J connectivity index is 2.09. The second-order valence-electron chi connectivity index (χ2n) is 6.04. The van der Waals surface area contributed by atoms with E-state index in [1.54, 1.807) is 31.2 Å². The summed E-state index contributed by atoms with van der Waals surface area (Å²) in [6.07, 6.45) is 0. The molecule has 0 aromatic heterocycles. The van der Waals surface area contributed by atoms with Crippen LogP contribution in [-0.2, 0) is 14.8 Å². The van der Waals surface area contributed by atoms with Crippen LogP contribution in [0.4, 0.5) is 5.69 Å². The summed E-state index contributed by atoms with van der Waals surface area (Å²) in [4.78, 5) is 12.3. The number of benzene rings is 2. The van der Waals surface area contributed by atoms with Crippen molar-refractivity contribution in [3.05, 3.63) is 53.6 Å². The molecule has 2 aromatic carbocycles. The first-order chi connectivity index (χ1) is 12.2. The predicted octanol–water partition coefficient (Wildman–Crippen LogP) is 2.96. The molecule has 0 radical (unpaired) electrons. The van der Waals surface area contributed by atoms with Crippen molar-refractivity contribution in [3.63, 3.8) is 0 Å². The van der Waals surface area contributed by atoms with Crippen molar-refractivity contribution in [2.24, 2.45) is 0 Å². The number of hydrogen-bond acceptors (Lipinski definition) is 4. The van der Waals surface area contributed by atoms with Crippen LogP contribution >= 0.6 is 0 Å². The lowest BCUT2D eigenvalue weighted by molar-refractivity contribution is -0.116. The average Bonchev–Trinajstić information content (AvgIpc) is 2.58. The molecule has 2 rings (SSSR count). The first-order valence-electron chi connectivity index (χ1n) is 8.30. The molecule has 0 bridgehead atoms. The summed E-state index contributed by atoms with van der Waals surface area (Å²) in [5.74, 6) is 0.244. The fraction of sp³-hybridized carbons (Fsp3) is 0.316. The molecule has 1 amide bonds. The molecule has 2 aromatic rings. The second kappa shape index (κ2) is 8.33. The molecular formula is C19H24N2O4S. The van der Waals surface area contributed by atoms with Crippen molar-refractivity contribution in [1.29, 1.82) is 0 Å². The number of sulfonamides is 1. The van der Waals surface area contributed by atoms with E-state index in [1.165, 1.54) is 13.1 Å². The van der Waals surface area contributed by atoms with Crippen molar-refractivity contribution >= 4 is 21.6 Å². The molecule has 0 saturated carbocycles. The quantitative estimate of drug-likeness (QED) is 0.806. The van der Waals surface area contributed by atoms with Gasteiger partial charge in [-0.1, -0.05) is 17.7 Å². The number of aryl methyl sites for hydroxylation is 2. The van der Waals surface area contributed by atoms with Crippen LogP contribution in [0.5, 0.6) is 5.75 Å². The van der Waals surface area contributed by atoms with Crippen molar-refractivity contribution in [3.8, 4) is 5.75 Å². The van der Waals surface area contributed by atoms with Gasteiger partial charge in [0.1, 0.15) is 5.75 Å². The Morgan fingerprint density at radius 3 is 2.35 bits per heavy atom. The summed E-state index contributed by atoms with van der Waals surface area (Å²) in [5.41, 5.74) is 2.43. The number of hydrogen-bond donors (Lipinski definition) is 1. The number of likely N-dealkylation sites (N-methyl/N-ethyl adjacent to an activating group) is 1. The van der Waals surface area contributed by atoms with Crippen molar-refractivity contribution in [1.82, 2.24) is 4.31 Å². The Hall–Kier alpha value is -2.38. The summed E-state index contributed by atoms with van der Waals surface area (Å²) in [6.45, 7) is 5.83. The third kappa shape index (κ3) is 4.83. The minimum Gasteiger partial charge on any atom is -0.494 e. The molecule has 0 fully saturated rings. The molecule has 7 heteroatoms. The summed E-state index contributed by atoms with van der Waals surface area (Å²) in [6, 6.07) is 12.0. The summed E-state index contributed by atoms with van der Waals surface area (Å²) >= 11 is 0. The molecular weight excluding hydrogens is 352 g/mol. The van der Waals surface area contributed by atoms with E-state index in [9.17, 15) is 13.2 Å². The lowest BCUT2D eigenvalue weighted by Crippen LogP contribution is -2.35. The largest absolute Gasteiger partial charge is 0.494 e. The van der Waals surface area contributed by atoms with Gasteiger partial charge in [0.25, 0.3) is 0 Å². The molecule has 140 valence electrons. The molecule has 0 heterocycles. The van der Waals surface area contributed by atoms with Crippen LogP contribution in [0, 0.1) is 13.8 Å². The fourth-order valence-corrected chi connectivity index (χ4v) is 3.62. The van der Waals surface area contributed by atoms with Crippen molar-refractivity contribution in [2.75, 3.05) is 25.5 Å². The average molecular weight is 376 g/mol. The standard InChI is InChI=1S/C19H24N2O4S/c1-5-25-18-11-10-17(12-15(18)3)26(23,24)21(4)13-19(22)20-16-8-6-14(2)7-9-16/h6-12H,5,13H2,1-4H3,(H,20,22). The Bertz CT molecular complexity index is 877. The highest BCUT2D eigenvalue weighted by Crippen LogP contribution is 2.23. The predicted molar refractivity (Wildman–Crippen MR) is 102 cm³/mol. The topological polar surface area (TPSA) is 75.7 Å². The van der Waals surface area contributed by atoms with Gasteiger partial charge in [-0.3, -0.25) is 4.79 Å². The van der Waals surface area contributed by atoms with Crippen LogP contribution in [0.25, 0.3) is 0 Å². The van der Waals surface area contributed by atoms with Gasteiger partial charge in [-0.15, -0.1) is 0 Å². The highest BCUT2D eigenvalue weighted by Gasteiger charge is 2.23. The molecule has 1 N–H and O–H groups in total. The van der Waals surface area contributed by atoms with Crippen LogP contribution in [0.1, 0.15) is 18.1 Å². The Kier molecular flexibility index (Phi) is 6.39. The minimum absolute atomic E-state index is 0.129. The Morgan fingerprint density at radius 2 is 1.77 bits per heavy atom. The maximum atomic E-state index is 12.7. The van der Waals surface area contributed by atoms with E-state index in [4.69, 9.17) is 4.74 Å². The SMILES string of the molecule is CCOc1ccc(S(=O)(=O)N(C)CC(=O)Nc2ccc(C)cc2)cc1C. The maximum absolute atomic E-state index is 12.7. The number of anilines is 1. The van der Waals surface area contributed by atoms with E-state index in [-0.39, 0.29) is 11.4 Å². The second-order valence-corrected chi connectivity index (χ2v) is 8.08. The smallest absolute Gasteiger partial charge is 0.243 e. The number of rotatable bonds is 7. The summed E-state index contributed by atoms with van der Waals surface area (Å²) in [5, 5.41) is 2.70. The highest BCUT2D eigenvalue weighted by molar-refractivity contribution is 7.89. The van der Waals surface area contributed by atoms with E-state index in [0.717, 1.165) is 15.4 Å². The Morgan fingerprint density at radius 1 is 1.12 bits per heavy atom. The third-order valence-electron chi connectivity index (χ3n) is 3.86. The fourth-order valence-electron chi connectivity index (χ4n) is 2.40. The lowest BCUT2D eigenvalue weighted by Gasteiger charge is -2.18. The number of amides is 1. The number of ether oxygens (including phenoxy) is 1. The Labute approximate surface area is 154 Å². The molecule has 0 unspecified atom stereocenters. The van der Waals surface area contributed by atoms with Gasteiger partial charge in [-0.2, -0.15) is 4.31 Å². The number of nitrogens with one attached hydrogen (secondary N) is 1. The first kappa shape index (κ1) is 19.9. The van der Waals surface area contributed by atoms with Gasteiger partial charge >= 0.3 is 0 Å². The van der Waals surface area contributed by atoms with Gasteiger partial charge in [0.2, 0.25) is 15.9 Å². The highest BCUT2D eigenvalue weighted by atomic mass is 32.2. The molecule has 0 aliphatic heterocycles. The zero-order valence-electron chi connectivity index (χ0n) is 15.4. The summed E-state index contributed by atoms with van der Waals surface area (Å²) in [7, 11) is -2.39. The van der Waals surface area contributed by atoms with Crippen LogP contribution in [-0.4, -0.2) is 38.8 Å². The summed E-state index contributed by atoms with van der Waals surface area (Å²) < 4.78 is 31.8. The van der Waals surface area contributed by atoms with E-state index in [1.807, 2.05) is 26.0 Å². The molecule has 0 aliphatic rings. The van der Waals surface area contributed by atoms with E-state index < -0.39 is 15.9 Å². The van der Waals surface area contributed by atoms with Gasteiger partial charge in [-0.05, 0) is 56.7 Å². The number of nitrogens with zero attached hydrogens (tertiary/aromatic N) is 1. The van der Waals surface area contributed by atoms with Crippen molar-refractivity contribution < 1.29 is 17.9 Å².